The van der Waals surface area contributed by atoms with E-state index in [4.69, 9.17) is 19.8 Å². The molecule has 0 spiro atoms. The SMILES string of the molecule is O=C(/C=C/[C@H](Oc1ccccc1)[C@@H](O)c1ccccc1OCCO)NO. The van der Waals surface area contributed by atoms with E-state index < -0.39 is 18.1 Å². The summed E-state index contributed by atoms with van der Waals surface area (Å²) < 4.78 is 11.2. The fraction of sp³-hybridized carbons (Fsp3) is 0.211. The van der Waals surface area contributed by atoms with Gasteiger partial charge in [0.2, 0.25) is 0 Å². The number of carbonyl (C=O) groups is 1. The highest BCUT2D eigenvalue weighted by atomic mass is 16.5. The van der Waals surface area contributed by atoms with Crippen molar-refractivity contribution in [3.63, 3.8) is 0 Å². The summed E-state index contributed by atoms with van der Waals surface area (Å²) in [6.45, 7) is -0.0817. The summed E-state index contributed by atoms with van der Waals surface area (Å²) in [4.78, 5) is 11.3. The minimum Gasteiger partial charge on any atom is -0.491 e. The number of ether oxygens (including phenoxy) is 2. The van der Waals surface area contributed by atoms with Crippen molar-refractivity contribution in [3.8, 4) is 11.5 Å². The Bertz CT molecular complexity index is 719. The molecule has 2 aromatic rings. The zero-order valence-electron chi connectivity index (χ0n) is 14.0. The first-order chi connectivity index (χ1) is 12.7. The molecule has 0 saturated heterocycles. The summed E-state index contributed by atoms with van der Waals surface area (Å²) in [6.07, 6.45) is 0.321. The number of hydrogen-bond donors (Lipinski definition) is 4. The van der Waals surface area contributed by atoms with Gasteiger partial charge in [0, 0.05) is 11.6 Å². The first kappa shape index (κ1) is 19.5. The van der Waals surface area contributed by atoms with Gasteiger partial charge in [-0.25, -0.2) is 5.48 Å². The molecule has 26 heavy (non-hydrogen) atoms. The Morgan fingerprint density at radius 3 is 2.50 bits per heavy atom. The predicted molar refractivity (Wildman–Crippen MR) is 93.9 cm³/mol. The molecule has 138 valence electrons. The van der Waals surface area contributed by atoms with Crippen molar-refractivity contribution in [3.05, 3.63) is 72.3 Å². The average molecular weight is 359 g/mol. The van der Waals surface area contributed by atoms with E-state index >= 15 is 0 Å². The molecule has 7 heteroatoms. The summed E-state index contributed by atoms with van der Waals surface area (Å²) in [7, 11) is 0. The van der Waals surface area contributed by atoms with Crippen molar-refractivity contribution in [2.45, 2.75) is 12.2 Å². The van der Waals surface area contributed by atoms with Crippen molar-refractivity contribution in [1.29, 1.82) is 0 Å². The van der Waals surface area contributed by atoms with E-state index in [1.807, 2.05) is 6.07 Å². The molecule has 1 amide bonds. The normalized spacial score (nSPS) is 13.2. The summed E-state index contributed by atoms with van der Waals surface area (Å²) >= 11 is 0. The molecule has 0 radical (unpaired) electrons. The number of hydroxylamine groups is 1. The Morgan fingerprint density at radius 2 is 1.81 bits per heavy atom. The third-order valence-electron chi connectivity index (χ3n) is 3.46. The van der Waals surface area contributed by atoms with Crippen molar-refractivity contribution < 1.29 is 29.7 Å². The molecule has 2 aromatic carbocycles. The zero-order chi connectivity index (χ0) is 18.8. The van der Waals surface area contributed by atoms with E-state index in [0.29, 0.717) is 17.1 Å². The molecule has 2 rings (SSSR count). The van der Waals surface area contributed by atoms with Crippen LogP contribution in [0.3, 0.4) is 0 Å². The van der Waals surface area contributed by atoms with Crippen molar-refractivity contribution >= 4 is 5.91 Å². The molecule has 0 aliphatic heterocycles. The molecule has 2 atom stereocenters. The van der Waals surface area contributed by atoms with E-state index in [2.05, 4.69) is 0 Å². The average Bonchev–Trinajstić information content (AvgIpc) is 2.69. The number of rotatable bonds is 9. The quantitative estimate of drug-likeness (QED) is 0.308. The van der Waals surface area contributed by atoms with Crippen LogP contribution in [0.25, 0.3) is 0 Å². The third kappa shape index (κ3) is 5.59. The Morgan fingerprint density at radius 1 is 1.12 bits per heavy atom. The van der Waals surface area contributed by atoms with E-state index in [-0.39, 0.29) is 13.2 Å². The molecule has 0 fully saturated rings. The fourth-order valence-corrected chi connectivity index (χ4v) is 2.27. The number of amides is 1. The Hall–Kier alpha value is -2.87. The van der Waals surface area contributed by atoms with Crippen LogP contribution in [0.1, 0.15) is 11.7 Å². The molecule has 7 nitrogen and oxygen atoms in total. The summed E-state index contributed by atoms with van der Waals surface area (Å²) in [6, 6.07) is 15.6. The largest absolute Gasteiger partial charge is 0.491 e. The van der Waals surface area contributed by atoms with Crippen LogP contribution in [0.4, 0.5) is 0 Å². The van der Waals surface area contributed by atoms with Crippen molar-refractivity contribution in [2.75, 3.05) is 13.2 Å². The van der Waals surface area contributed by atoms with Crippen molar-refractivity contribution in [1.82, 2.24) is 5.48 Å². The highest BCUT2D eigenvalue weighted by Gasteiger charge is 2.24. The van der Waals surface area contributed by atoms with E-state index in [1.165, 1.54) is 11.6 Å². The summed E-state index contributed by atoms with van der Waals surface area (Å²) in [5.41, 5.74) is 1.93. The van der Waals surface area contributed by atoms with Gasteiger partial charge in [-0.3, -0.25) is 10.0 Å². The van der Waals surface area contributed by atoms with Gasteiger partial charge in [-0.1, -0.05) is 36.4 Å². The maximum absolute atomic E-state index is 11.3. The third-order valence-corrected chi connectivity index (χ3v) is 3.46. The molecule has 0 unspecified atom stereocenters. The molecule has 4 N–H and O–H groups in total. The van der Waals surface area contributed by atoms with Gasteiger partial charge >= 0.3 is 0 Å². The van der Waals surface area contributed by atoms with Crippen LogP contribution in [-0.4, -0.2) is 40.6 Å². The van der Waals surface area contributed by atoms with Crippen LogP contribution in [0, 0.1) is 0 Å². The second-order valence-electron chi connectivity index (χ2n) is 5.29. The first-order valence-electron chi connectivity index (χ1n) is 8.00. The van der Waals surface area contributed by atoms with E-state index in [1.54, 1.807) is 48.5 Å². The van der Waals surface area contributed by atoms with Gasteiger partial charge in [-0.05, 0) is 24.3 Å². The second-order valence-corrected chi connectivity index (χ2v) is 5.29. The van der Waals surface area contributed by atoms with Gasteiger partial charge in [0.1, 0.15) is 30.3 Å². The monoisotopic (exact) mass is 359 g/mol. The number of hydrogen-bond acceptors (Lipinski definition) is 6. The number of para-hydroxylation sites is 2. The Balaban J connectivity index is 2.28. The second kappa shape index (κ2) is 10.2. The van der Waals surface area contributed by atoms with Gasteiger partial charge in [0.25, 0.3) is 5.91 Å². The van der Waals surface area contributed by atoms with Gasteiger partial charge in [-0.15, -0.1) is 0 Å². The van der Waals surface area contributed by atoms with Crippen LogP contribution in [0.2, 0.25) is 0 Å². The maximum Gasteiger partial charge on any atom is 0.267 e. The number of aliphatic hydroxyl groups is 2. The zero-order valence-corrected chi connectivity index (χ0v) is 14.0. The topological polar surface area (TPSA) is 108 Å². The summed E-state index contributed by atoms with van der Waals surface area (Å²) in [5.74, 6) is 0.152. The van der Waals surface area contributed by atoms with E-state index in [0.717, 1.165) is 6.08 Å². The smallest absolute Gasteiger partial charge is 0.267 e. The lowest BCUT2D eigenvalue weighted by atomic mass is 10.0. The Labute approximate surface area is 151 Å². The summed E-state index contributed by atoms with van der Waals surface area (Å²) in [5, 5.41) is 28.4. The van der Waals surface area contributed by atoms with Crippen LogP contribution in [-0.2, 0) is 4.79 Å². The molecular weight excluding hydrogens is 338 g/mol. The Kier molecular flexibility index (Phi) is 7.63. The molecule has 0 bridgehead atoms. The first-order valence-corrected chi connectivity index (χ1v) is 8.00. The number of nitrogens with one attached hydrogen (secondary N) is 1. The highest BCUT2D eigenvalue weighted by Crippen LogP contribution is 2.30. The minimum absolute atomic E-state index is 0.0801. The molecule has 0 aliphatic rings. The fourth-order valence-electron chi connectivity index (χ4n) is 2.27. The van der Waals surface area contributed by atoms with Gasteiger partial charge in [-0.2, -0.15) is 0 Å². The molecule has 0 saturated carbocycles. The maximum atomic E-state index is 11.3. The number of carbonyl (C=O) groups excluding carboxylic acids is 1. The van der Waals surface area contributed by atoms with Gasteiger partial charge < -0.3 is 19.7 Å². The lowest BCUT2D eigenvalue weighted by Gasteiger charge is -2.23. The molecular formula is C19H21NO6. The minimum atomic E-state index is -1.16. The predicted octanol–water partition coefficient (Wildman–Crippen LogP) is 1.60. The van der Waals surface area contributed by atoms with Crippen molar-refractivity contribution in [2.24, 2.45) is 0 Å². The van der Waals surface area contributed by atoms with Gasteiger partial charge in [0.15, 0.2) is 0 Å². The lowest BCUT2D eigenvalue weighted by molar-refractivity contribution is -0.124. The van der Waals surface area contributed by atoms with Crippen LogP contribution in [0.15, 0.2) is 66.7 Å². The standard InChI is InChI=1S/C19H21NO6/c21-12-13-25-16-9-5-4-8-15(16)19(23)17(10-11-18(22)20-24)26-14-6-2-1-3-7-14/h1-11,17,19,21,23-24H,12-13H2,(H,20,22)/b11-10+/t17-,19-/m0/s1. The molecule has 0 aromatic heterocycles. The van der Waals surface area contributed by atoms with Gasteiger partial charge in [0.05, 0.1) is 6.61 Å². The number of aliphatic hydroxyl groups excluding tert-OH is 2. The van der Waals surface area contributed by atoms with Crippen LogP contribution < -0.4 is 15.0 Å². The number of benzene rings is 2. The highest BCUT2D eigenvalue weighted by molar-refractivity contribution is 5.86. The molecule has 0 heterocycles. The molecule has 0 aliphatic carbocycles. The lowest BCUT2D eigenvalue weighted by Crippen LogP contribution is -2.25. The van der Waals surface area contributed by atoms with Crippen LogP contribution >= 0.6 is 0 Å². The van der Waals surface area contributed by atoms with Crippen LogP contribution in [0.5, 0.6) is 11.5 Å². The van der Waals surface area contributed by atoms with E-state index in [9.17, 15) is 9.90 Å².